The zero-order chi connectivity index (χ0) is 15.5. The minimum atomic E-state index is -4.03. The third-order valence-corrected chi connectivity index (χ3v) is 4.27. The molecule has 0 unspecified atom stereocenters. The Balaban J connectivity index is 3.23. The number of benzene rings is 1. The van der Waals surface area contributed by atoms with E-state index in [0.29, 0.717) is 11.1 Å². The molecule has 0 spiro atoms. The number of hydrogen-bond acceptors (Lipinski definition) is 6. The standard InChI is InChI=1S/C11H14N2O6S/c1-7-4-9(13(15)16)5-10(8(7)2)20(17,18)12-6-11(14)19-3/h4-5,12H,6H2,1-3H3. The number of methoxy groups -OCH3 is 1. The molecule has 0 radical (unpaired) electrons. The van der Waals surface area contributed by atoms with E-state index in [0.717, 1.165) is 13.2 Å². The number of non-ortho nitro benzene ring substituents is 1. The van der Waals surface area contributed by atoms with Crippen LogP contribution in [-0.4, -0.2) is 33.0 Å². The van der Waals surface area contributed by atoms with Gasteiger partial charge in [0.2, 0.25) is 10.0 Å². The van der Waals surface area contributed by atoms with Crippen LogP contribution in [0.5, 0.6) is 0 Å². The second-order valence-electron chi connectivity index (χ2n) is 4.04. The highest BCUT2D eigenvalue weighted by Gasteiger charge is 2.22. The number of carbonyl (C=O) groups is 1. The molecule has 9 heteroatoms. The molecule has 0 saturated heterocycles. The second kappa shape index (κ2) is 5.97. The Bertz CT molecular complexity index is 653. The summed E-state index contributed by atoms with van der Waals surface area (Å²) in [6.45, 7) is 2.56. The van der Waals surface area contributed by atoms with Gasteiger partial charge in [0.05, 0.1) is 16.9 Å². The highest BCUT2D eigenvalue weighted by Crippen LogP contribution is 2.25. The first kappa shape index (κ1) is 16.1. The van der Waals surface area contributed by atoms with Gasteiger partial charge in [0.25, 0.3) is 5.69 Å². The van der Waals surface area contributed by atoms with E-state index in [-0.39, 0.29) is 10.6 Å². The topological polar surface area (TPSA) is 116 Å². The van der Waals surface area contributed by atoms with Crippen LogP contribution in [0.25, 0.3) is 0 Å². The maximum atomic E-state index is 12.1. The quantitative estimate of drug-likeness (QED) is 0.485. The summed E-state index contributed by atoms with van der Waals surface area (Å²) in [6, 6.07) is 2.25. The molecule has 8 nitrogen and oxygen atoms in total. The van der Waals surface area contributed by atoms with Crippen LogP contribution < -0.4 is 4.72 Å². The predicted molar refractivity (Wildman–Crippen MR) is 69.8 cm³/mol. The fourth-order valence-electron chi connectivity index (χ4n) is 1.50. The summed E-state index contributed by atoms with van der Waals surface area (Å²) >= 11 is 0. The molecular weight excluding hydrogens is 288 g/mol. The molecule has 0 bridgehead atoms. The van der Waals surface area contributed by atoms with E-state index < -0.39 is 27.5 Å². The summed E-state index contributed by atoms with van der Waals surface area (Å²) in [7, 11) is -2.91. The van der Waals surface area contributed by atoms with Gasteiger partial charge in [-0.1, -0.05) is 0 Å². The lowest BCUT2D eigenvalue weighted by Crippen LogP contribution is -2.30. The van der Waals surface area contributed by atoms with Crippen LogP contribution in [0.1, 0.15) is 11.1 Å². The van der Waals surface area contributed by atoms with Gasteiger partial charge in [-0.2, -0.15) is 4.72 Å². The Kier molecular flexibility index (Phi) is 4.79. The fraction of sp³-hybridized carbons (Fsp3) is 0.364. The second-order valence-corrected chi connectivity index (χ2v) is 5.78. The van der Waals surface area contributed by atoms with E-state index in [1.165, 1.54) is 13.0 Å². The molecule has 1 aromatic carbocycles. The summed E-state index contributed by atoms with van der Waals surface area (Å²) in [6.07, 6.45) is 0. The van der Waals surface area contributed by atoms with Crippen molar-refractivity contribution < 1.29 is 22.9 Å². The number of carbonyl (C=O) groups excluding carboxylic acids is 1. The highest BCUT2D eigenvalue weighted by molar-refractivity contribution is 7.89. The number of esters is 1. The van der Waals surface area contributed by atoms with Crippen LogP contribution >= 0.6 is 0 Å². The number of aryl methyl sites for hydroxylation is 1. The number of rotatable bonds is 5. The lowest BCUT2D eigenvalue weighted by atomic mass is 10.1. The summed E-state index contributed by atoms with van der Waals surface area (Å²) in [4.78, 5) is 20.8. The SMILES string of the molecule is COC(=O)CNS(=O)(=O)c1cc([N+](=O)[O-])cc(C)c1C. The Labute approximate surface area is 115 Å². The van der Waals surface area contributed by atoms with Crippen LogP contribution in [0, 0.1) is 24.0 Å². The third kappa shape index (κ3) is 3.52. The number of nitro groups is 1. The zero-order valence-corrected chi connectivity index (χ0v) is 12.0. The number of nitrogens with one attached hydrogen (secondary N) is 1. The molecule has 0 fully saturated rings. The van der Waals surface area contributed by atoms with Crippen molar-refractivity contribution in [3.8, 4) is 0 Å². The van der Waals surface area contributed by atoms with Gasteiger partial charge < -0.3 is 4.74 Å². The third-order valence-electron chi connectivity index (χ3n) is 2.74. The minimum absolute atomic E-state index is 0.229. The van der Waals surface area contributed by atoms with Gasteiger partial charge in [-0.3, -0.25) is 14.9 Å². The van der Waals surface area contributed by atoms with Crippen LogP contribution in [-0.2, 0) is 19.6 Å². The van der Waals surface area contributed by atoms with E-state index in [4.69, 9.17) is 0 Å². The minimum Gasteiger partial charge on any atom is -0.468 e. The van der Waals surface area contributed by atoms with Crippen molar-refractivity contribution >= 4 is 21.7 Å². The highest BCUT2D eigenvalue weighted by atomic mass is 32.2. The molecule has 0 aliphatic carbocycles. The first-order valence-electron chi connectivity index (χ1n) is 5.51. The average Bonchev–Trinajstić information content (AvgIpc) is 2.38. The number of sulfonamides is 1. The summed E-state index contributed by atoms with van der Waals surface area (Å²) in [5.41, 5.74) is 0.525. The van der Waals surface area contributed by atoms with Crippen molar-refractivity contribution in [1.82, 2.24) is 4.72 Å². The number of hydrogen-bond donors (Lipinski definition) is 1. The number of ether oxygens (including phenoxy) is 1. The molecule has 0 saturated carbocycles. The Morgan fingerprint density at radius 3 is 2.50 bits per heavy atom. The zero-order valence-electron chi connectivity index (χ0n) is 11.2. The molecule has 20 heavy (non-hydrogen) atoms. The number of nitrogens with zero attached hydrogens (tertiary/aromatic N) is 1. The molecular formula is C11H14N2O6S. The van der Waals surface area contributed by atoms with Crippen LogP contribution in [0.2, 0.25) is 0 Å². The van der Waals surface area contributed by atoms with Crippen molar-refractivity contribution in [2.75, 3.05) is 13.7 Å². The van der Waals surface area contributed by atoms with Crippen molar-refractivity contribution in [2.24, 2.45) is 0 Å². The lowest BCUT2D eigenvalue weighted by Gasteiger charge is -2.10. The van der Waals surface area contributed by atoms with Gasteiger partial charge >= 0.3 is 5.97 Å². The van der Waals surface area contributed by atoms with Gasteiger partial charge in [0, 0.05) is 12.1 Å². The van der Waals surface area contributed by atoms with Gasteiger partial charge in [-0.05, 0) is 25.0 Å². The summed E-state index contributed by atoms with van der Waals surface area (Å²) in [5, 5.41) is 10.8. The molecule has 1 rings (SSSR count). The van der Waals surface area contributed by atoms with Crippen molar-refractivity contribution in [3.05, 3.63) is 33.4 Å². The van der Waals surface area contributed by atoms with E-state index >= 15 is 0 Å². The smallest absolute Gasteiger partial charge is 0.320 e. The molecule has 1 aromatic rings. The van der Waals surface area contributed by atoms with Crippen LogP contribution in [0.3, 0.4) is 0 Å². The molecule has 110 valence electrons. The Morgan fingerprint density at radius 2 is 2.00 bits per heavy atom. The normalized spacial score (nSPS) is 11.2. The maximum absolute atomic E-state index is 12.1. The van der Waals surface area contributed by atoms with Crippen molar-refractivity contribution in [2.45, 2.75) is 18.7 Å². The van der Waals surface area contributed by atoms with E-state index in [1.54, 1.807) is 6.92 Å². The molecule has 0 heterocycles. The largest absolute Gasteiger partial charge is 0.468 e. The summed E-state index contributed by atoms with van der Waals surface area (Å²) in [5.74, 6) is -0.756. The maximum Gasteiger partial charge on any atom is 0.320 e. The van der Waals surface area contributed by atoms with Gasteiger partial charge in [0.15, 0.2) is 0 Å². The lowest BCUT2D eigenvalue weighted by molar-refractivity contribution is -0.385. The average molecular weight is 302 g/mol. The van der Waals surface area contributed by atoms with Gasteiger partial charge in [-0.15, -0.1) is 0 Å². The fourth-order valence-corrected chi connectivity index (χ4v) is 2.80. The van der Waals surface area contributed by atoms with Gasteiger partial charge in [-0.25, -0.2) is 8.42 Å². The molecule has 0 aliphatic heterocycles. The van der Waals surface area contributed by atoms with Crippen LogP contribution in [0.15, 0.2) is 17.0 Å². The monoisotopic (exact) mass is 302 g/mol. The van der Waals surface area contributed by atoms with Crippen molar-refractivity contribution in [1.29, 1.82) is 0 Å². The molecule has 1 N–H and O–H groups in total. The molecule has 0 atom stereocenters. The first-order valence-corrected chi connectivity index (χ1v) is 6.99. The summed E-state index contributed by atoms with van der Waals surface area (Å²) < 4.78 is 30.5. The van der Waals surface area contributed by atoms with E-state index in [9.17, 15) is 23.3 Å². The molecule has 0 amide bonds. The molecule has 0 aliphatic rings. The Hall–Kier alpha value is -2.00. The van der Waals surface area contributed by atoms with Crippen LogP contribution in [0.4, 0.5) is 5.69 Å². The van der Waals surface area contributed by atoms with E-state index in [1.807, 2.05) is 4.72 Å². The van der Waals surface area contributed by atoms with E-state index in [2.05, 4.69) is 4.74 Å². The Morgan fingerprint density at radius 1 is 1.40 bits per heavy atom. The van der Waals surface area contributed by atoms with Gasteiger partial charge in [0.1, 0.15) is 6.54 Å². The predicted octanol–water partition coefficient (Wildman–Crippen LogP) is 0.663. The van der Waals surface area contributed by atoms with Crippen molar-refractivity contribution in [3.63, 3.8) is 0 Å². The number of nitro benzene ring substituents is 1. The molecule has 0 aromatic heterocycles. The first-order chi connectivity index (χ1) is 9.19.